The second-order valence-electron chi connectivity index (χ2n) is 6.24. The van der Waals surface area contributed by atoms with E-state index in [4.69, 9.17) is 5.26 Å². The van der Waals surface area contributed by atoms with Crippen LogP contribution >= 0.6 is 0 Å². The van der Waals surface area contributed by atoms with E-state index in [0.29, 0.717) is 17.4 Å². The molecular weight excluding hydrogens is 383 g/mol. The fourth-order valence-corrected chi connectivity index (χ4v) is 2.71. The maximum Gasteiger partial charge on any atom is 0.348 e. The lowest BCUT2D eigenvalue weighted by atomic mass is 10.1. The van der Waals surface area contributed by atoms with E-state index in [1.165, 1.54) is 12.1 Å². The van der Waals surface area contributed by atoms with Gasteiger partial charge in [0.05, 0.1) is 23.3 Å². The van der Waals surface area contributed by atoms with Gasteiger partial charge in [0.15, 0.2) is 5.82 Å². The molecule has 3 aromatic heterocycles. The Hall–Kier alpha value is -4.00. The van der Waals surface area contributed by atoms with Crippen molar-refractivity contribution in [2.24, 2.45) is 0 Å². The molecule has 0 saturated carbocycles. The first kappa shape index (κ1) is 18.4. The first-order valence-electron chi connectivity index (χ1n) is 8.38. The summed E-state index contributed by atoms with van der Waals surface area (Å²) in [4.78, 5) is 11.4. The van der Waals surface area contributed by atoms with Crippen molar-refractivity contribution < 1.29 is 13.2 Å². The molecule has 144 valence electrons. The number of nitrogens with one attached hydrogen (secondary N) is 2. The van der Waals surface area contributed by atoms with Crippen LogP contribution in [0, 0.1) is 24.1 Å². The monoisotopic (exact) mass is 395 g/mol. The number of H-pyrrole nitrogens is 1. The number of hydrogen-bond acceptors (Lipinski definition) is 6. The number of nitriles is 1. The SMILES string of the molecule is Cc1cc(Nc2nc(C(F)(F)c3ccc(F)cn3)nc3cc(C#N)ccc23)n[nH]1. The van der Waals surface area contributed by atoms with Gasteiger partial charge in [0.25, 0.3) is 0 Å². The summed E-state index contributed by atoms with van der Waals surface area (Å²) in [6, 6.07) is 9.87. The summed E-state index contributed by atoms with van der Waals surface area (Å²) in [5.74, 6) is -4.81. The van der Waals surface area contributed by atoms with Crippen molar-refractivity contribution in [1.82, 2.24) is 25.1 Å². The first-order valence-corrected chi connectivity index (χ1v) is 8.38. The number of rotatable bonds is 4. The lowest BCUT2D eigenvalue weighted by molar-refractivity contribution is 0.0285. The van der Waals surface area contributed by atoms with Crippen molar-refractivity contribution in [3.63, 3.8) is 0 Å². The predicted octanol–water partition coefficient (Wildman–Crippen LogP) is 3.95. The van der Waals surface area contributed by atoms with Crippen LogP contribution in [0.3, 0.4) is 0 Å². The van der Waals surface area contributed by atoms with Crippen LogP contribution in [0.5, 0.6) is 0 Å². The zero-order valence-corrected chi connectivity index (χ0v) is 14.9. The summed E-state index contributed by atoms with van der Waals surface area (Å²) in [5, 5.41) is 19.2. The highest BCUT2D eigenvalue weighted by Gasteiger charge is 2.40. The Balaban J connectivity index is 1.89. The second kappa shape index (κ2) is 6.87. The van der Waals surface area contributed by atoms with Gasteiger partial charge in [0, 0.05) is 17.1 Å². The van der Waals surface area contributed by atoms with Gasteiger partial charge in [-0.05, 0) is 37.3 Å². The summed E-state index contributed by atoms with van der Waals surface area (Å²) in [5.41, 5.74) is 0.465. The highest BCUT2D eigenvalue weighted by atomic mass is 19.3. The Labute approximate surface area is 162 Å². The Bertz CT molecular complexity index is 1240. The third kappa shape index (κ3) is 3.45. The standard InChI is InChI=1S/C19H12F3N7/c1-10-6-16(29-28-10)26-17-13-4-2-11(8-23)7-14(13)25-18(27-17)19(21,22)15-5-3-12(20)9-24-15/h2-7,9H,1H3,(H2,25,26,27,28,29). The van der Waals surface area contributed by atoms with Gasteiger partial charge in [-0.1, -0.05) is 0 Å². The van der Waals surface area contributed by atoms with Gasteiger partial charge in [0.1, 0.15) is 17.3 Å². The Morgan fingerprint density at radius 1 is 1.14 bits per heavy atom. The van der Waals surface area contributed by atoms with Crippen LogP contribution in [-0.2, 0) is 5.92 Å². The number of nitrogens with zero attached hydrogens (tertiary/aromatic N) is 5. The maximum absolute atomic E-state index is 15.0. The number of halogens is 3. The Morgan fingerprint density at radius 2 is 1.97 bits per heavy atom. The van der Waals surface area contributed by atoms with Crippen LogP contribution in [0.15, 0.2) is 42.6 Å². The highest BCUT2D eigenvalue weighted by Crippen LogP contribution is 2.35. The average Bonchev–Trinajstić information content (AvgIpc) is 3.12. The summed E-state index contributed by atoms with van der Waals surface area (Å²) < 4.78 is 43.1. The van der Waals surface area contributed by atoms with Crippen molar-refractivity contribution in [2.45, 2.75) is 12.8 Å². The molecule has 0 aliphatic heterocycles. The molecule has 0 spiro atoms. The quantitative estimate of drug-likeness (QED) is 0.542. The molecule has 7 nitrogen and oxygen atoms in total. The minimum absolute atomic E-state index is 0.0859. The van der Waals surface area contributed by atoms with Crippen LogP contribution in [-0.4, -0.2) is 25.1 Å². The molecular formula is C19H12F3N7. The van der Waals surface area contributed by atoms with Crippen LogP contribution in [0.2, 0.25) is 0 Å². The van der Waals surface area contributed by atoms with Gasteiger partial charge in [-0.25, -0.2) is 14.4 Å². The number of pyridine rings is 1. The van der Waals surface area contributed by atoms with Gasteiger partial charge in [0.2, 0.25) is 5.82 Å². The molecule has 1 aromatic carbocycles. The number of aromatic nitrogens is 5. The molecule has 0 bridgehead atoms. The van der Waals surface area contributed by atoms with E-state index in [1.807, 2.05) is 6.07 Å². The molecule has 10 heteroatoms. The molecule has 3 heterocycles. The van der Waals surface area contributed by atoms with E-state index in [-0.39, 0.29) is 16.9 Å². The van der Waals surface area contributed by atoms with Gasteiger partial charge in [-0.2, -0.15) is 19.1 Å². The largest absolute Gasteiger partial charge is 0.348 e. The number of aryl methyl sites for hydroxylation is 1. The van der Waals surface area contributed by atoms with Gasteiger partial charge in [-0.15, -0.1) is 0 Å². The molecule has 2 N–H and O–H groups in total. The fourth-order valence-electron chi connectivity index (χ4n) is 2.71. The highest BCUT2D eigenvalue weighted by molar-refractivity contribution is 5.91. The molecule has 0 unspecified atom stereocenters. The van der Waals surface area contributed by atoms with Crippen molar-refractivity contribution in [1.29, 1.82) is 5.26 Å². The minimum Gasteiger partial charge on any atom is -0.323 e. The number of anilines is 2. The summed E-state index contributed by atoms with van der Waals surface area (Å²) in [6.45, 7) is 1.79. The van der Waals surface area contributed by atoms with E-state index in [2.05, 4.69) is 30.5 Å². The van der Waals surface area contributed by atoms with Gasteiger partial charge in [-0.3, -0.25) is 10.1 Å². The zero-order valence-electron chi connectivity index (χ0n) is 14.9. The molecule has 4 aromatic rings. The number of alkyl halides is 2. The smallest absolute Gasteiger partial charge is 0.323 e. The third-order valence-corrected chi connectivity index (χ3v) is 4.11. The number of hydrogen-bond donors (Lipinski definition) is 2. The Kier molecular flexibility index (Phi) is 4.35. The Morgan fingerprint density at radius 3 is 2.62 bits per heavy atom. The lowest BCUT2D eigenvalue weighted by Gasteiger charge is -2.16. The van der Waals surface area contributed by atoms with Crippen LogP contribution < -0.4 is 5.32 Å². The normalized spacial score (nSPS) is 11.4. The molecule has 0 aliphatic rings. The molecule has 0 amide bonds. The number of aromatic amines is 1. The third-order valence-electron chi connectivity index (χ3n) is 4.11. The van der Waals surface area contributed by atoms with Crippen LogP contribution in [0.25, 0.3) is 10.9 Å². The molecule has 0 aliphatic carbocycles. The van der Waals surface area contributed by atoms with Gasteiger partial charge < -0.3 is 5.32 Å². The van der Waals surface area contributed by atoms with E-state index in [0.717, 1.165) is 17.8 Å². The number of benzene rings is 1. The van der Waals surface area contributed by atoms with E-state index >= 15 is 8.78 Å². The number of fused-ring (bicyclic) bond motifs is 1. The first-order chi connectivity index (χ1) is 13.9. The minimum atomic E-state index is -3.69. The van der Waals surface area contributed by atoms with Crippen molar-refractivity contribution >= 4 is 22.5 Å². The van der Waals surface area contributed by atoms with Crippen LogP contribution in [0.1, 0.15) is 22.8 Å². The summed E-state index contributed by atoms with van der Waals surface area (Å²) in [7, 11) is 0. The topological polar surface area (TPSA) is 103 Å². The zero-order chi connectivity index (χ0) is 20.6. The summed E-state index contributed by atoms with van der Waals surface area (Å²) >= 11 is 0. The average molecular weight is 395 g/mol. The molecule has 0 fully saturated rings. The fraction of sp³-hybridized carbons (Fsp3) is 0.105. The molecule has 0 atom stereocenters. The van der Waals surface area contributed by atoms with Crippen molar-refractivity contribution in [2.75, 3.05) is 5.32 Å². The van der Waals surface area contributed by atoms with Crippen molar-refractivity contribution in [3.05, 3.63) is 71.2 Å². The predicted molar refractivity (Wildman–Crippen MR) is 98.1 cm³/mol. The van der Waals surface area contributed by atoms with E-state index in [1.54, 1.807) is 19.1 Å². The van der Waals surface area contributed by atoms with Crippen LogP contribution in [0.4, 0.5) is 24.8 Å². The summed E-state index contributed by atoms with van der Waals surface area (Å²) in [6.07, 6.45) is 0.698. The maximum atomic E-state index is 15.0. The van der Waals surface area contributed by atoms with Gasteiger partial charge >= 0.3 is 5.92 Å². The lowest BCUT2D eigenvalue weighted by Crippen LogP contribution is -2.21. The second-order valence-corrected chi connectivity index (χ2v) is 6.24. The molecule has 0 saturated heterocycles. The van der Waals surface area contributed by atoms with Crippen molar-refractivity contribution in [3.8, 4) is 6.07 Å². The molecule has 4 rings (SSSR count). The van der Waals surface area contributed by atoms with E-state index in [9.17, 15) is 4.39 Å². The molecule has 0 radical (unpaired) electrons. The van der Waals surface area contributed by atoms with E-state index < -0.39 is 23.3 Å². The molecule has 29 heavy (non-hydrogen) atoms.